The van der Waals surface area contributed by atoms with Crippen LogP contribution in [-0.4, -0.2) is 16.9 Å². The monoisotopic (exact) mass is 284 g/mol. The Labute approximate surface area is 122 Å². The Morgan fingerprint density at radius 2 is 1.43 bits per heavy atom. The highest BCUT2D eigenvalue weighted by molar-refractivity contribution is 5.92. The van der Waals surface area contributed by atoms with Crippen LogP contribution in [0.4, 0.5) is 11.4 Å². The van der Waals surface area contributed by atoms with Crippen LogP contribution in [0.2, 0.25) is 0 Å². The second kappa shape index (κ2) is 6.56. The summed E-state index contributed by atoms with van der Waals surface area (Å²) in [7, 11) is 0. The lowest BCUT2D eigenvalue weighted by Gasteiger charge is -2.06. The Morgan fingerprint density at radius 3 is 2.00 bits per heavy atom. The van der Waals surface area contributed by atoms with Crippen LogP contribution in [-0.2, 0) is 16.0 Å². The molecule has 0 spiro atoms. The van der Waals surface area contributed by atoms with E-state index in [0.29, 0.717) is 11.4 Å². The summed E-state index contributed by atoms with van der Waals surface area (Å²) in [5, 5.41) is 14.6. The van der Waals surface area contributed by atoms with Crippen LogP contribution in [0.1, 0.15) is 12.5 Å². The van der Waals surface area contributed by atoms with E-state index in [1.165, 1.54) is 19.1 Å². The summed E-state index contributed by atoms with van der Waals surface area (Å²) in [6.07, 6.45) is 0.237. The molecule has 2 aromatic rings. The van der Waals surface area contributed by atoms with Gasteiger partial charge in [0, 0.05) is 18.3 Å². The number of hydrogen-bond donors (Lipinski definition) is 3. The van der Waals surface area contributed by atoms with E-state index in [9.17, 15) is 14.7 Å². The molecule has 5 nitrogen and oxygen atoms in total. The molecule has 2 aromatic carbocycles. The van der Waals surface area contributed by atoms with Crippen molar-refractivity contribution in [1.82, 2.24) is 0 Å². The molecule has 21 heavy (non-hydrogen) atoms. The van der Waals surface area contributed by atoms with Crippen molar-refractivity contribution in [3.63, 3.8) is 0 Å². The van der Waals surface area contributed by atoms with Crippen molar-refractivity contribution in [2.45, 2.75) is 13.3 Å². The molecule has 0 saturated heterocycles. The molecule has 0 aromatic heterocycles. The van der Waals surface area contributed by atoms with Crippen LogP contribution in [0.5, 0.6) is 5.75 Å². The number of aromatic hydroxyl groups is 1. The highest BCUT2D eigenvalue weighted by Crippen LogP contribution is 2.15. The van der Waals surface area contributed by atoms with Gasteiger partial charge in [0.2, 0.25) is 11.8 Å². The molecule has 0 bridgehead atoms. The number of phenols is 1. The van der Waals surface area contributed by atoms with Crippen molar-refractivity contribution >= 4 is 23.2 Å². The second-order valence-electron chi connectivity index (χ2n) is 4.65. The van der Waals surface area contributed by atoms with Gasteiger partial charge in [-0.15, -0.1) is 0 Å². The van der Waals surface area contributed by atoms with Crippen LogP contribution in [0.25, 0.3) is 0 Å². The maximum absolute atomic E-state index is 11.9. The number of hydrogen-bond acceptors (Lipinski definition) is 3. The first-order valence-corrected chi connectivity index (χ1v) is 6.48. The summed E-state index contributed by atoms with van der Waals surface area (Å²) in [5.74, 6) is -0.123. The van der Waals surface area contributed by atoms with Crippen molar-refractivity contribution < 1.29 is 14.7 Å². The van der Waals surface area contributed by atoms with Crippen molar-refractivity contribution in [3.8, 4) is 5.75 Å². The first-order chi connectivity index (χ1) is 10.0. The third kappa shape index (κ3) is 4.65. The number of anilines is 2. The standard InChI is InChI=1S/C16H16N2O3/c1-11(19)17-13-4-2-12(3-5-13)10-16(21)18-14-6-8-15(20)9-7-14/h2-9,20H,10H2,1H3,(H,17,19)(H,18,21). The highest BCUT2D eigenvalue weighted by atomic mass is 16.3. The number of amides is 2. The molecule has 0 fully saturated rings. The molecule has 2 rings (SSSR count). The SMILES string of the molecule is CC(=O)Nc1ccc(CC(=O)Nc2ccc(O)cc2)cc1. The molecule has 2 amide bonds. The summed E-state index contributed by atoms with van der Waals surface area (Å²) < 4.78 is 0. The van der Waals surface area contributed by atoms with E-state index in [1.807, 2.05) is 0 Å². The van der Waals surface area contributed by atoms with E-state index in [1.54, 1.807) is 36.4 Å². The fourth-order valence-electron chi connectivity index (χ4n) is 1.84. The number of carbonyl (C=O) groups excluding carboxylic acids is 2. The van der Waals surface area contributed by atoms with E-state index in [2.05, 4.69) is 10.6 Å². The maximum Gasteiger partial charge on any atom is 0.228 e. The van der Waals surface area contributed by atoms with Gasteiger partial charge < -0.3 is 15.7 Å². The van der Waals surface area contributed by atoms with Crippen molar-refractivity contribution in [1.29, 1.82) is 0 Å². The van der Waals surface area contributed by atoms with Gasteiger partial charge in [-0.3, -0.25) is 9.59 Å². The Bertz CT molecular complexity index is 634. The molecule has 0 heterocycles. The van der Waals surface area contributed by atoms with Gasteiger partial charge in [0.05, 0.1) is 6.42 Å². The molecule has 0 aliphatic heterocycles. The van der Waals surface area contributed by atoms with E-state index in [0.717, 1.165) is 5.56 Å². The lowest BCUT2D eigenvalue weighted by Crippen LogP contribution is -2.14. The summed E-state index contributed by atoms with van der Waals surface area (Å²) in [6.45, 7) is 1.44. The van der Waals surface area contributed by atoms with Crippen LogP contribution < -0.4 is 10.6 Å². The fraction of sp³-hybridized carbons (Fsp3) is 0.125. The number of phenolic OH excluding ortho intramolecular Hbond substituents is 1. The Balaban J connectivity index is 1.93. The number of nitrogens with one attached hydrogen (secondary N) is 2. The lowest BCUT2D eigenvalue weighted by molar-refractivity contribution is -0.116. The van der Waals surface area contributed by atoms with Gasteiger partial charge in [-0.1, -0.05) is 12.1 Å². The maximum atomic E-state index is 11.9. The van der Waals surface area contributed by atoms with Gasteiger partial charge >= 0.3 is 0 Å². The van der Waals surface area contributed by atoms with E-state index >= 15 is 0 Å². The molecule has 3 N–H and O–H groups in total. The van der Waals surface area contributed by atoms with Gasteiger partial charge in [-0.25, -0.2) is 0 Å². The van der Waals surface area contributed by atoms with Crippen LogP contribution in [0.3, 0.4) is 0 Å². The average Bonchev–Trinajstić information content (AvgIpc) is 2.43. The minimum atomic E-state index is -0.145. The summed E-state index contributed by atoms with van der Waals surface area (Å²) >= 11 is 0. The molecule has 0 radical (unpaired) electrons. The zero-order chi connectivity index (χ0) is 15.2. The minimum Gasteiger partial charge on any atom is -0.508 e. The van der Waals surface area contributed by atoms with Gasteiger partial charge in [0.15, 0.2) is 0 Å². The average molecular weight is 284 g/mol. The lowest BCUT2D eigenvalue weighted by atomic mass is 10.1. The van der Waals surface area contributed by atoms with Gasteiger partial charge in [-0.2, -0.15) is 0 Å². The Morgan fingerprint density at radius 1 is 0.905 bits per heavy atom. The minimum absolute atomic E-state index is 0.132. The third-order valence-electron chi connectivity index (χ3n) is 2.79. The van der Waals surface area contributed by atoms with Crippen LogP contribution >= 0.6 is 0 Å². The quantitative estimate of drug-likeness (QED) is 0.755. The molecule has 0 unspecified atom stereocenters. The van der Waals surface area contributed by atoms with Crippen LogP contribution in [0.15, 0.2) is 48.5 Å². The van der Waals surface area contributed by atoms with Gasteiger partial charge in [0.25, 0.3) is 0 Å². The topological polar surface area (TPSA) is 78.4 Å². The Hall–Kier alpha value is -2.82. The normalized spacial score (nSPS) is 9.95. The molecular formula is C16H16N2O3. The second-order valence-corrected chi connectivity index (χ2v) is 4.65. The summed E-state index contributed by atoms with van der Waals surface area (Å²) in [4.78, 5) is 22.8. The third-order valence-corrected chi connectivity index (χ3v) is 2.79. The van der Waals surface area contributed by atoms with Crippen LogP contribution in [0, 0.1) is 0 Å². The van der Waals surface area contributed by atoms with Crippen molar-refractivity contribution in [2.75, 3.05) is 10.6 Å². The first kappa shape index (κ1) is 14.6. The molecule has 0 aliphatic carbocycles. The number of rotatable bonds is 4. The number of benzene rings is 2. The molecule has 108 valence electrons. The van der Waals surface area contributed by atoms with Crippen molar-refractivity contribution in [2.24, 2.45) is 0 Å². The van der Waals surface area contributed by atoms with Gasteiger partial charge in [-0.05, 0) is 42.0 Å². The molecule has 0 saturated carbocycles. The van der Waals surface area contributed by atoms with Crippen molar-refractivity contribution in [3.05, 3.63) is 54.1 Å². The zero-order valence-corrected chi connectivity index (χ0v) is 11.6. The largest absolute Gasteiger partial charge is 0.508 e. The summed E-state index contributed by atoms with van der Waals surface area (Å²) in [5.41, 5.74) is 2.18. The highest BCUT2D eigenvalue weighted by Gasteiger charge is 2.04. The Kier molecular flexibility index (Phi) is 4.56. The first-order valence-electron chi connectivity index (χ1n) is 6.48. The van der Waals surface area contributed by atoms with E-state index in [-0.39, 0.29) is 24.0 Å². The number of carbonyl (C=O) groups is 2. The molecular weight excluding hydrogens is 268 g/mol. The van der Waals surface area contributed by atoms with E-state index in [4.69, 9.17) is 0 Å². The summed E-state index contributed by atoms with van der Waals surface area (Å²) in [6, 6.07) is 13.4. The molecule has 0 aliphatic rings. The zero-order valence-electron chi connectivity index (χ0n) is 11.6. The fourth-order valence-corrected chi connectivity index (χ4v) is 1.84. The van der Waals surface area contributed by atoms with E-state index < -0.39 is 0 Å². The predicted octanol–water partition coefficient (Wildman–Crippen LogP) is 2.53. The molecule has 0 atom stereocenters. The predicted molar refractivity (Wildman–Crippen MR) is 81.2 cm³/mol. The van der Waals surface area contributed by atoms with Gasteiger partial charge in [0.1, 0.15) is 5.75 Å². The smallest absolute Gasteiger partial charge is 0.228 e. The molecule has 5 heteroatoms.